The molecular formula is C71H116O6. The fourth-order valence-electron chi connectivity index (χ4n) is 8.43. The molecule has 1 atom stereocenters. The zero-order chi connectivity index (χ0) is 55.7. The molecule has 0 N–H and O–H groups in total. The lowest BCUT2D eigenvalue weighted by Crippen LogP contribution is -2.30. The molecule has 0 rings (SSSR count). The third-order valence-corrected chi connectivity index (χ3v) is 13.1. The second-order valence-corrected chi connectivity index (χ2v) is 20.5. The molecule has 0 aromatic heterocycles. The van der Waals surface area contributed by atoms with E-state index < -0.39 is 6.10 Å². The fraction of sp³-hybridized carbons (Fsp3) is 0.648. The minimum Gasteiger partial charge on any atom is -0.462 e. The van der Waals surface area contributed by atoms with E-state index in [4.69, 9.17) is 14.2 Å². The smallest absolute Gasteiger partial charge is 0.306 e. The van der Waals surface area contributed by atoms with Crippen molar-refractivity contribution in [2.75, 3.05) is 13.2 Å². The van der Waals surface area contributed by atoms with Gasteiger partial charge >= 0.3 is 17.9 Å². The summed E-state index contributed by atoms with van der Waals surface area (Å²) >= 11 is 0. The van der Waals surface area contributed by atoms with Crippen LogP contribution in [-0.4, -0.2) is 37.2 Å². The molecule has 0 aliphatic rings. The van der Waals surface area contributed by atoms with E-state index in [0.29, 0.717) is 19.3 Å². The first-order chi connectivity index (χ1) is 38.0. The second kappa shape index (κ2) is 64.1. The molecule has 0 fully saturated rings. The van der Waals surface area contributed by atoms with Crippen molar-refractivity contribution in [2.45, 2.75) is 284 Å². The van der Waals surface area contributed by atoms with Crippen molar-refractivity contribution in [3.63, 3.8) is 0 Å². The van der Waals surface area contributed by atoms with Gasteiger partial charge in [-0.05, 0) is 135 Å². The first-order valence-corrected chi connectivity index (χ1v) is 31.7. The van der Waals surface area contributed by atoms with E-state index in [2.05, 4.69) is 154 Å². The van der Waals surface area contributed by atoms with Crippen molar-refractivity contribution in [1.82, 2.24) is 0 Å². The number of carbonyl (C=O) groups excluding carboxylic acids is 3. The first kappa shape index (κ1) is 72.5. The lowest BCUT2D eigenvalue weighted by molar-refractivity contribution is -0.167. The summed E-state index contributed by atoms with van der Waals surface area (Å²) < 4.78 is 16.9. The number of rotatable bonds is 56. The van der Waals surface area contributed by atoms with Crippen LogP contribution >= 0.6 is 0 Å². The maximum Gasteiger partial charge on any atom is 0.306 e. The summed E-state index contributed by atoms with van der Waals surface area (Å²) in [5.74, 6) is -0.926. The van der Waals surface area contributed by atoms with Gasteiger partial charge in [-0.15, -0.1) is 0 Å². The van der Waals surface area contributed by atoms with Crippen LogP contribution in [0.4, 0.5) is 0 Å². The number of hydrogen-bond donors (Lipinski definition) is 0. The van der Waals surface area contributed by atoms with E-state index in [-0.39, 0.29) is 31.1 Å². The molecule has 6 heteroatoms. The van der Waals surface area contributed by atoms with Gasteiger partial charge in [0.25, 0.3) is 0 Å². The van der Waals surface area contributed by atoms with Gasteiger partial charge in [0, 0.05) is 19.3 Å². The average Bonchev–Trinajstić information content (AvgIpc) is 3.43. The van der Waals surface area contributed by atoms with E-state index in [0.717, 1.165) is 148 Å². The lowest BCUT2D eigenvalue weighted by atomic mass is 10.1. The number of carbonyl (C=O) groups is 3. The zero-order valence-electron chi connectivity index (χ0n) is 49.9. The summed E-state index contributed by atoms with van der Waals surface area (Å²) in [5, 5.41) is 0. The van der Waals surface area contributed by atoms with E-state index in [9.17, 15) is 14.4 Å². The Morgan fingerprint density at radius 1 is 0.273 bits per heavy atom. The Morgan fingerprint density at radius 2 is 0.506 bits per heavy atom. The van der Waals surface area contributed by atoms with Crippen LogP contribution in [0.2, 0.25) is 0 Å². The molecule has 0 amide bonds. The van der Waals surface area contributed by atoms with Crippen molar-refractivity contribution in [1.29, 1.82) is 0 Å². The molecule has 0 saturated heterocycles. The normalized spacial score (nSPS) is 13.0. The molecule has 0 heterocycles. The molecule has 0 bridgehead atoms. The minimum atomic E-state index is -0.801. The molecular weight excluding hydrogens is 949 g/mol. The second-order valence-electron chi connectivity index (χ2n) is 20.5. The number of hydrogen-bond acceptors (Lipinski definition) is 6. The summed E-state index contributed by atoms with van der Waals surface area (Å²) in [6.07, 6.45) is 90.1. The van der Waals surface area contributed by atoms with E-state index in [1.54, 1.807) is 0 Å². The fourth-order valence-corrected chi connectivity index (χ4v) is 8.43. The SMILES string of the molecule is CC/C=C\C/C=C\C/C=C\C/C=C\C/C=C\CCCCCCCCCC(=O)OCC(COC(=O)CCCCCCCCC/C=C\C/C=C\C/C=C\CC)OC(=O)CCCCCCCC/C=C\C/C=C\C/C=C\CCCCC. The number of unbranched alkanes of at least 4 members (excludes halogenated alkanes) is 23. The van der Waals surface area contributed by atoms with E-state index in [1.165, 1.54) is 89.9 Å². The van der Waals surface area contributed by atoms with E-state index in [1.807, 2.05) is 0 Å². The minimum absolute atomic E-state index is 0.0960. The van der Waals surface area contributed by atoms with Gasteiger partial charge in [-0.25, -0.2) is 0 Å². The number of allylic oxidation sites excluding steroid dienone is 22. The molecule has 6 nitrogen and oxygen atoms in total. The third kappa shape index (κ3) is 62.3. The Hall–Kier alpha value is -4.45. The number of esters is 3. The monoisotopic (exact) mass is 1060 g/mol. The Balaban J connectivity index is 4.46. The Labute approximate surface area is 475 Å². The van der Waals surface area contributed by atoms with Crippen LogP contribution in [0.25, 0.3) is 0 Å². The third-order valence-electron chi connectivity index (χ3n) is 13.1. The van der Waals surface area contributed by atoms with Gasteiger partial charge in [0.1, 0.15) is 13.2 Å². The highest BCUT2D eigenvalue weighted by atomic mass is 16.6. The molecule has 436 valence electrons. The van der Waals surface area contributed by atoms with Crippen LogP contribution in [0.1, 0.15) is 278 Å². The Kier molecular flexibility index (Phi) is 60.4. The van der Waals surface area contributed by atoms with Gasteiger partial charge in [-0.2, -0.15) is 0 Å². The van der Waals surface area contributed by atoms with Gasteiger partial charge in [0.2, 0.25) is 0 Å². The van der Waals surface area contributed by atoms with Crippen molar-refractivity contribution in [2.24, 2.45) is 0 Å². The lowest BCUT2D eigenvalue weighted by Gasteiger charge is -2.18. The topological polar surface area (TPSA) is 78.9 Å². The first-order valence-electron chi connectivity index (χ1n) is 31.7. The van der Waals surface area contributed by atoms with Crippen LogP contribution in [0.5, 0.6) is 0 Å². The molecule has 1 unspecified atom stereocenters. The predicted octanol–water partition coefficient (Wildman–Crippen LogP) is 21.8. The molecule has 77 heavy (non-hydrogen) atoms. The van der Waals surface area contributed by atoms with Crippen molar-refractivity contribution in [3.05, 3.63) is 134 Å². The number of ether oxygens (including phenoxy) is 3. The molecule has 0 aliphatic heterocycles. The zero-order valence-corrected chi connectivity index (χ0v) is 49.9. The quantitative estimate of drug-likeness (QED) is 0.0261. The van der Waals surface area contributed by atoms with Crippen LogP contribution < -0.4 is 0 Å². The Bertz CT molecular complexity index is 1650. The van der Waals surface area contributed by atoms with Gasteiger partial charge in [-0.1, -0.05) is 257 Å². The van der Waals surface area contributed by atoms with E-state index >= 15 is 0 Å². The molecule has 0 spiro atoms. The summed E-state index contributed by atoms with van der Waals surface area (Å²) in [6.45, 7) is 6.37. The van der Waals surface area contributed by atoms with Crippen molar-refractivity contribution in [3.8, 4) is 0 Å². The van der Waals surface area contributed by atoms with Crippen LogP contribution in [0, 0.1) is 0 Å². The summed E-state index contributed by atoms with van der Waals surface area (Å²) in [7, 11) is 0. The Morgan fingerprint density at radius 3 is 0.792 bits per heavy atom. The predicted molar refractivity (Wildman–Crippen MR) is 334 cm³/mol. The van der Waals surface area contributed by atoms with Crippen LogP contribution in [-0.2, 0) is 28.6 Å². The summed E-state index contributed by atoms with van der Waals surface area (Å²) in [6, 6.07) is 0. The molecule has 0 aromatic rings. The van der Waals surface area contributed by atoms with Gasteiger partial charge in [-0.3, -0.25) is 14.4 Å². The highest BCUT2D eigenvalue weighted by Gasteiger charge is 2.19. The summed E-state index contributed by atoms with van der Waals surface area (Å²) in [5.41, 5.74) is 0. The average molecular weight is 1070 g/mol. The molecule has 0 aromatic carbocycles. The van der Waals surface area contributed by atoms with Gasteiger partial charge in [0.05, 0.1) is 0 Å². The van der Waals surface area contributed by atoms with Crippen LogP contribution in [0.3, 0.4) is 0 Å². The maximum atomic E-state index is 12.9. The van der Waals surface area contributed by atoms with Crippen molar-refractivity contribution >= 4 is 17.9 Å². The standard InChI is InChI=1S/C71H116O6/c1-4-7-10-13-16-19-22-25-28-31-33-34-35-36-38-40-43-46-49-52-55-58-61-64-70(73)76-67-68(66-75-69(72)63-60-57-54-51-48-45-42-39-30-27-24-21-18-15-12-9-6-3)77-71(74)65-62-59-56-53-50-47-44-41-37-32-29-26-23-20-17-14-11-8-5-2/h7,9-10,12,16-21,25-30,33-34,36-38,41,68H,4-6,8,11,13-15,22-24,31-32,35,39-40,42-67H2,1-3H3/b10-7-,12-9-,19-16-,20-17-,21-18-,28-25-,29-26-,30-27-,34-33-,38-36-,41-37-. The summed E-state index contributed by atoms with van der Waals surface area (Å²) in [4.78, 5) is 38.4. The maximum absolute atomic E-state index is 12.9. The highest BCUT2D eigenvalue weighted by molar-refractivity contribution is 5.71. The molecule has 0 saturated carbocycles. The highest BCUT2D eigenvalue weighted by Crippen LogP contribution is 2.15. The van der Waals surface area contributed by atoms with Crippen LogP contribution in [0.15, 0.2) is 134 Å². The molecule has 0 aliphatic carbocycles. The largest absolute Gasteiger partial charge is 0.462 e. The molecule has 0 radical (unpaired) electrons. The van der Waals surface area contributed by atoms with Crippen molar-refractivity contribution < 1.29 is 28.6 Å². The van der Waals surface area contributed by atoms with Gasteiger partial charge < -0.3 is 14.2 Å². The van der Waals surface area contributed by atoms with Gasteiger partial charge in [0.15, 0.2) is 6.10 Å².